The molecule has 0 saturated carbocycles. The largest absolute Gasteiger partial charge is 0.370 e. The van der Waals surface area contributed by atoms with Gasteiger partial charge in [0, 0.05) is 45.3 Å². The maximum Gasteiger partial charge on any atom is 0.234 e. The fourth-order valence-corrected chi connectivity index (χ4v) is 4.33. The van der Waals surface area contributed by atoms with Gasteiger partial charge in [-0.1, -0.05) is 18.2 Å². The van der Waals surface area contributed by atoms with Crippen LogP contribution < -0.4 is 5.32 Å². The normalized spacial score (nSPS) is 21.2. The third-order valence-electron chi connectivity index (χ3n) is 5.88. The van der Waals surface area contributed by atoms with Crippen LogP contribution in [0.15, 0.2) is 42.5 Å². The molecule has 4 rings (SSSR count). The van der Waals surface area contributed by atoms with Gasteiger partial charge in [0.15, 0.2) is 0 Å². The highest BCUT2D eigenvalue weighted by Crippen LogP contribution is 2.20. The first-order valence-corrected chi connectivity index (χ1v) is 10.8. The standard InChI is InChI=1S/C24H26F2N4O2/c25-20-6-5-19(23(26)9-20)7-8-29-12-21-14-30(15-22(13-29)32-21)16-24(31)28-11-18-3-1-17(10-27)2-4-18/h1-6,9,21-22H,7-8,11-16H2,(H,28,31). The Labute approximate surface area is 186 Å². The molecule has 0 aromatic heterocycles. The number of amides is 1. The molecule has 0 radical (unpaired) electrons. The Balaban J connectivity index is 1.21. The van der Waals surface area contributed by atoms with Crippen molar-refractivity contribution in [1.29, 1.82) is 5.26 Å². The number of carbonyl (C=O) groups excluding carboxylic acids is 1. The molecule has 32 heavy (non-hydrogen) atoms. The highest BCUT2D eigenvalue weighted by Gasteiger charge is 2.35. The average Bonchev–Trinajstić information content (AvgIpc) is 2.77. The SMILES string of the molecule is N#Cc1ccc(CNC(=O)CN2CC3CN(CCc4ccc(F)cc4F)CC(C2)O3)cc1. The minimum absolute atomic E-state index is 0.00638. The molecule has 1 N–H and O–H groups in total. The van der Waals surface area contributed by atoms with Crippen LogP contribution in [0.4, 0.5) is 8.78 Å². The van der Waals surface area contributed by atoms with E-state index in [4.69, 9.17) is 10.00 Å². The Hall–Kier alpha value is -2.86. The monoisotopic (exact) mass is 440 g/mol. The van der Waals surface area contributed by atoms with E-state index in [1.165, 1.54) is 12.1 Å². The number of morpholine rings is 2. The van der Waals surface area contributed by atoms with E-state index in [2.05, 4.69) is 21.2 Å². The van der Waals surface area contributed by atoms with E-state index in [-0.39, 0.29) is 18.1 Å². The summed E-state index contributed by atoms with van der Waals surface area (Å²) in [6, 6.07) is 12.9. The predicted octanol–water partition coefficient (Wildman–Crippen LogP) is 2.08. The van der Waals surface area contributed by atoms with Gasteiger partial charge < -0.3 is 10.1 Å². The molecule has 2 atom stereocenters. The second-order valence-corrected chi connectivity index (χ2v) is 8.40. The number of hydrogen-bond donors (Lipinski definition) is 1. The number of ether oxygens (including phenoxy) is 1. The minimum atomic E-state index is -0.562. The summed E-state index contributed by atoms with van der Waals surface area (Å²) in [7, 11) is 0. The van der Waals surface area contributed by atoms with E-state index < -0.39 is 11.6 Å². The van der Waals surface area contributed by atoms with Crippen LogP contribution in [0.3, 0.4) is 0 Å². The number of fused-ring (bicyclic) bond motifs is 2. The molecule has 2 bridgehead atoms. The second kappa shape index (κ2) is 10.2. The smallest absolute Gasteiger partial charge is 0.234 e. The number of benzene rings is 2. The Morgan fingerprint density at radius 1 is 1.06 bits per heavy atom. The van der Waals surface area contributed by atoms with E-state index in [1.807, 2.05) is 12.1 Å². The van der Waals surface area contributed by atoms with Crippen molar-refractivity contribution in [3.8, 4) is 6.07 Å². The van der Waals surface area contributed by atoms with Crippen LogP contribution in [0.5, 0.6) is 0 Å². The van der Waals surface area contributed by atoms with Gasteiger partial charge in [-0.15, -0.1) is 0 Å². The molecule has 1 amide bonds. The van der Waals surface area contributed by atoms with Crippen molar-refractivity contribution in [3.63, 3.8) is 0 Å². The zero-order chi connectivity index (χ0) is 22.5. The van der Waals surface area contributed by atoms with E-state index in [1.54, 1.807) is 12.1 Å². The maximum atomic E-state index is 13.9. The van der Waals surface area contributed by atoms with Crippen molar-refractivity contribution in [3.05, 3.63) is 70.8 Å². The quantitative estimate of drug-likeness (QED) is 0.714. The van der Waals surface area contributed by atoms with Gasteiger partial charge in [-0.3, -0.25) is 14.6 Å². The molecule has 2 heterocycles. The third kappa shape index (κ3) is 5.88. The number of hydrogen-bond acceptors (Lipinski definition) is 5. The van der Waals surface area contributed by atoms with Crippen LogP contribution >= 0.6 is 0 Å². The maximum absolute atomic E-state index is 13.9. The number of nitrogens with zero attached hydrogens (tertiary/aromatic N) is 3. The predicted molar refractivity (Wildman–Crippen MR) is 115 cm³/mol. The lowest BCUT2D eigenvalue weighted by Crippen LogP contribution is -2.60. The Bertz CT molecular complexity index is 978. The summed E-state index contributed by atoms with van der Waals surface area (Å²) in [6.45, 7) is 4.21. The second-order valence-electron chi connectivity index (χ2n) is 8.40. The van der Waals surface area contributed by atoms with E-state index in [9.17, 15) is 13.6 Å². The topological polar surface area (TPSA) is 68.6 Å². The Morgan fingerprint density at radius 2 is 1.75 bits per heavy atom. The summed E-state index contributed by atoms with van der Waals surface area (Å²) in [5, 5.41) is 11.8. The van der Waals surface area contributed by atoms with Crippen molar-refractivity contribution >= 4 is 5.91 Å². The lowest BCUT2D eigenvalue weighted by Gasteiger charge is -2.45. The molecule has 2 unspecified atom stereocenters. The van der Waals surface area contributed by atoms with Gasteiger partial charge >= 0.3 is 0 Å². The summed E-state index contributed by atoms with van der Waals surface area (Å²) in [6.07, 6.45) is 0.534. The molecule has 2 fully saturated rings. The molecular formula is C24H26F2N4O2. The molecule has 2 aliphatic heterocycles. The minimum Gasteiger partial charge on any atom is -0.370 e. The van der Waals surface area contributed by atoms with Crippen molar-refractivity contribution in [1.82, 2.24) is 15.1 Å². The van der Waals surface area contributed by atoms with Gasteiger partial charge in [0.2, 0.25) is 5.91 Å². The molecule has 6 nitrogen and oxygen atoms in total. The van der Waals surface area contributed by atoms with Crippen molar-refractivity contribution in [2.45, 2.75) is 25.2 Å². The molecule has 2 saturated heterocycles. The first kappa shape index (κ1) is 22.3. The van der Waals surface area contributed by atoms with Crippen LogP contribution in [-0.4, -0.2) is 67.2 Å². The molecule has 2 aliphatic rings. The van der Waals surface area contributed by atoms with Crippen LogP contribution in [0.1, 0.15) is 16.7 Å². The molecule has 8 heteroatoms. The summed E-state index contributed by atoms with van der Waals surface area (Å²) < 4.78 is 33.0. The van der Waals surface area contributed by atoms with E-state index in [0.717, 1.165) is 24.7 Å². The summed E-state index contributed by atoms with van der Waals surface area (Å²) in [5.74, 6) is -1.11. The third-order valence-corrected chi connectivity index (χ3v) is 5.88. The highest BCUT2D eigenvalue weighted by atomic mass is 19.1. The number of rotatable bonds is 7. The van der Waals surface area contributed by atoms with E-state index >= 15 is 0 Å². The van der Waals surface area contributed by atoms with Crippen molar-refractivity contribution in [2.75, 3.05) is 39.3 Å². The zero-order valence-electron chi connectivity index (χ0n) is 17.8. The van der Waals surface area contributed by atoms with Crippen molar-refractivity contribution in [2.24, 2.45) is 0 Å². The first-order chi connectivity index (χ1) is 15.5. The first-order valence-electron chi connectivity index (χ1n) is 10.8. The van der Waals surface area contributed by atoms with Gasteiger partial charge in [-0.25, -0.2) is 8.78 Å². The van der Waals surface area contributed by atoms with Gasteiger partial charge in [-0.2, -0.15) is 5.26 Å². The van der Waals surface area contributed by atoms with E-state index in [0.29, 0.717) is 50.3 Å². The number of nitrogens with one attached hydrogen (secondary N) is 1. The molecule has 2 aromatic carbocycles. The Morgan fingerprint density at radius 3 is 2.41 bits per heavy atom. The van der Waals surface area contributed by atoms with Gasteiger partial charge in [-0.05, 0) is 35.7 Å². The van der Waals surface area contributed by atoms with Crippen LogP contribution in [-0.2, 0) is 22.5 Å². The van der Waals surface area contributed by atoms with Crippen LogP contribution in [0.2, 0.25) is 0 Å². The fraction of sp³-hybridized carbons (Fsp3) is 0.417. The highest BCUT2D eigenvalue weighted by molar-refractivity contribution is 5.78. The summed E-state index contributed by atoms with van der Waals surface area (Å²) >= 11 is 0. The number of halogens is 2. The summed E-state index contributed by atoms with van der Waals surface area (Å²) in [5.41, 5.74) is 2.06. The van der Waals surface area contributed by atoms with Gasteiger partial charge in [0.05, 0.1) is 30.4 Å². The van der Waals surface area contributed by atoms with Crippen LogP contribution in [0.25, 0.3) is 0 Å². The fourth-order valence-electron chi connectivity index (χ4n) is 4.33. The number of nitriles is 1. The molecule has 0 aliphatic carbocycles. The molecular weight excluding hydrogens is 414 g/mol. The molecule has 168 valence electrons. The van der Waals surface area contributed by atoms with Gasteiger partial charge in [0.1, 0.15) is 11.6 Å². The average molecular weight is 440 g/mol. The van der Waals surface area contributed by atoms with Crippen LogP contribution in [0, 0.1) is 23.0 Å². The summed E-state index contributed by atoms with van der Waals surface area (Å²) in [4.78, 5) is 16.8. The molecule has 0 spiro atoms. The van der Waals surface area contributed by atoms with Crippen molar-refractivity contribution < 1.29 is 18.3 Å². The Kier molecular flexibility index (Phi) is 7.10. The van der Waals surface area contributed by atoms with Gasteiger partial charge in [0.25, 0.3) is 0 Å². The molecule has 2 aromatic rings. The lowest BCUT2D eigenvalue weighted by molar-refractivity contribution is -0.144. The lowest BCUT2D eigenvalue weighted by atomic mass is 10.1. The zero-order valence-corrected chi connectivity index (χ0v) is 17.8. The number of carbonyl (C=O) groups is 1.